The molecule has 1 aromatic heterocycles. The minimum Gasteiger partial charge on any atom is -0.465 e. The summed E-state index contributed by atoms with van der Waals surface area (Å²) in [5.41, 5.74) is 0.614. The molecule has 0 radical (unpaired) electrons. The van der Waals surface area contributed by atoms with Gasteiger partial charge in [0.05, 0.1) is 24.7 Å². The van der Waals surface area contributed by atoms with Gasteiger partial charge < -0.3 is 14.8 Å². The van der Waals surface area contributed by atoms with E-state index in [2.05, 4.69) is 31.6 Å². The number of aromatic nitrogens is 3. The van der Waals surface area contributed by atoms with Crippen LogP contribution in [0.3, 0.4) is 0 Å². The number of nitrogens with zero attached hydrogens (tertiary/aromatic N) is 3. The van der Waals surface area contributed by atoms with Gasteiger partial charge >= 0.3 is 12.1 Å². The minimum absolute atomic E-state index is 0.0372. The highest BCUT2D eigenvalue weighted by Gasteiger charge is 2.16. The second-order valence-electron chi connectivity index (χ2n) is 6.60. The molecule has 0 saturated heterocycles. The maximum absolute atomic E-state index is 14.2. The Morgan fingerprint density at radius 2 is 2.07 bits per heavy atom. The van der Waals surface area contributed by atoms with Crippen LogP contribution in [-0.2, 0) is 16.0 Å². The third kappa shape index (κ3) is 5.75. The van der Waals surface area contributed by atoms with E-state index in [0.717, 1.165) is 0 Å². The normalized spacial score (nSPS) is 12.1. The highest BCUT2D eigenvalue weighted by atomic mass is 79.9. The number of carbonyl (C=O) groups is 2. The van der Waals surface area contributed by atoms with E-state index in [1.165, 1.54) is 23.9 Å². The Morgan fingerprint density at radius 3 is 2.70 bits per heavy atom. The summed E-state index contributed by atoms with van der Waals surface area (Å²) in [6.07, 6.45) is 0.570. The van der Waals surface area contributed by atoms with Gasteiger partial charge in [0.25, 0.3) is 0 Å². The third-order valence-corrected chi connectivity index (χ3v) is 3.87. The van der Waals surface area contributed by atoms with Crippen molar-refractivity contribution in [2.24, 2.45) is 0 Å². The molecule has 0 saturated carbocycles. The van der Waals surface area contributed by atoms with Crippen LogP contribution in [-0.4, -0.2) is 46.3 Å². The van der Waals surface area contributed by atoms with Gasteiger partial charge in [-0.25, -0.2) is 18.7 Å². The molecule has 1 amide bonds. The average molecular weight is 443 g/mol. The van der Waals surface area contributed by atoms with Crippen molar-refractivity contribution in [1.82, 2.24) is 20.3 Å². The van der Waals surface area contributed by atoms with Crippen LogP contribution in [0.15, 0.2) is 28.5 Å². The molecule has 0 spiro atoms. The Kier molecular flexibility index (Phi) is 6.53. The van der Waals surface area contributed by atoms with Gasteiger partial charge in [-0.3, -0.25) is 0 Å². The predicted octanol–water partition coefficient (Wildman–Crippen LogP) is 3.36. The van der Waals surface area contributed by atoms with Crippen LogP contribution in [0.25, 0.3) is 11.0 Å². The quantitative estimate of drug-likeness (QED) is 0.713. The monoisotopic (exact) mass is 442 g/mol. The summed E-state index contributed by atoms with van der Waals surface area (Å²) in [6, 6.07) is 3.09. The lowest BCUT2D eigenvalue weighted by Crippen LogP contribution is -2.32. The van der Waals surface area contributed by atoms with Crippen molar-refractivity contribution in [2.75, 3.05) is 13.7 Å². The summed E-state index contributed by atoms with van der Waals surface area (Å²) in [6.45, 7) is 4.96. The number of nitrogens with one attached hydrogen (secondary N) is 1. The molecule has 0 bridgehead atoms. The Balaban J connectivity index is 2.10. The van der Waals surface area contributed by atoms with Gasteiger partial charge in [0, 0.05) is 11.0 Å². The van der Waals surface area contributed by atoms with Gasteiger partial charge in [0.2, 0.25) is 0 Å². The van der Waals surface area contributed by atoms with Crippen molar-refractivity contribution in [3.63, 3.8) is 0 Å². The Bertz CT molecular complexity index is 889. The molecule has 8 nitrogen and oxygen atoms in total. The van der Waals surface area contributed by atoms with E-state index in [1.54, 1.807) is 26.8 Å². The zero-order valence-electron chi connectivity index (χ0n) is 15.4. The maximum atomic E-state index is 14.2. The lowest BCUT2D eigenvalue weighted by molar-refractivity contribution is 0.0532. The topological polar surface area (TPSA) is 95.3 Å². The summed E-state index contributed by atoms with van der Waals surface area (Å²) in [4.78, 5) is 23.3. The smallest absolute Gasteiger partial charge is 0.407 e. The van der Waals surface area contributed by atoms with Crippen LogP contribution in [0.4, 0.5) is 9.18 Å². The van der Waals surface area contributed by atoms with Gasteiger partial charge in [0.15, 0.2) is 0 Å². The first-order chi connectivity index (χ1) is 12.6. The molecule has 146 valence electrons. The van der Waals surface area contributed by atoms with Crippen molar-refractivity contribution in [2.45, 2.75) is 32.9 Å². The summed E-state index contributed by atoms with van der Waals surface area (Å²) in [5, 5.41) is 10.3. The lowest BCUT2D eigenvalue weighted by atomic mass is 10.2. The standard InChI is InChI=1S/C17H20BrFN4O4/c1-17(2,3)27-16(25)20-6-5-11(19)9-23-13-8-10(15(24)26-4)7-12(18)14(13)21-22-23/h5,7-8H,6,9H2,1-4H3,(H,20,25)/b11-5-. The van der Waals surface area contributed by atoms with E-state index in [4.69, 9.17) is 9.47 Å². The summed E-state index contributed by atoms with van der Waals surface area (Å²) < 4.78 is 25.8. The number of rotatable bonds is 5. The fourth-order valence-corrected chi connectivity index (χ4v) is 2.68. The predicted molar refractivity (Wildman–Crippen MR) is 100.0 cm³/mol. The highest BCUT2D eigenvalue weighted by molar-refractivity contribution is 9.10. The first kappa shape index (κ1) is 20.8. The first-order valence-corrected chi connectivity index (χ1v) is 8.82. The molecule has 1 heterocycles. The van der Waals surface area contributed by atoms with E-state index < -0.39 is 23.5 Å². The number of halogens is 2. The van der Waals surface area contributed by atoms with Crippen LogP contribution in [0.5, 0.6) is 0 Å². The highest BCUT2D eigenvalue weighted by Crippen LogP contribution is 2.25. The van der Waals surface area contributed by atoms with Crippen molar-refractivity contribution in [3.05, 3.63) is 34.1 Å². The Hall–Kier alpha value is -2.49. The molecule has 0 unspecified atom stereocenters. The van der Waals surface area contributed by atoms with Crippen LogP contribution in [0, 0.1) is 0 Å². The zero-order chi connectivity index (χ0) is 20.2. The van der Waals surface area contributed by atoms with Gasteiger partial charge in [0.1, 0.15) is 16.9 Å². The van der Waals surface area contributed by atoms with E-state index in [0.29, 0.717) is 15.5 Å². The second kappa shape index (κ2) is 8.47. The van der Waals surface area contributed by atoms with Gasteiger partial charge in [-0.15, -0.1) is 5.10 Å². The number of carbonyl (C=O) groups excluding carboxylic acids is 2. The Morgan fingerprint density at radius 1 is 1.37 bits per heavy atom. The number of benzene rings is 1. The zero-order valence-corrected chi connectivity index (χ0v) is 17.0. The number of methoxy groups -OCH3 is 1. The van der Waals surface area contributed by atoms with Gasteiger partial charge in [-0.05, 0) is 54.9 Å². The third-order valence-electron chi connectivity index (χ3n) is 3.26. The van der Waals surface area contributed by atoms with Crippen LogP contribution < -0.4 is 5.32 Å². The molecule has 0 aliphatic heterocycles. The number of fused-ring (bicyclic) bond motifs is 1. The van der Waals surface area contributed by atoms with Gasteiger partial charge in [-0.1, -0.05) is 5.21 Å². The van der Waals surface area contributed by atoms with Crippen molar-refractivity contribution >= 4 is 39.0 Å². The molecule has 0 aliphatic rings. The van der Waals surface area contributed by atoms with Crippen molar-refractivity contribution in [1.29, 1.82) is 0 Å². The van der Waals surface area contributed by atoms with Crippen LogP contribution in [0.2, 0.25) is 0 Å². The van der Waals surface area contributed by atoms with E-state index in [1.807, 2.05) is 0 Å². The van der Waals surface area contributed by atoms with Crippen LogP contribution in [0.1, 0.15) is 31.1 Å². The molecule has 1 N–H and O–H groups in total. The number of esters is 1. The molecule has 2 aromatic rings. The second-order valence-corrected chi connectivity index (χ2v) is 7.45. The van der Waals surface area contributed by atoms with E-state index in [-0.39, 0.29) is 18.7 Å². The number of ether oxygens (including phenoxy) is 2. The summed E-state index contributed by atoms with van der Waals surface area (Å²) >= 11 is 3.31. The summed E-state index contributed by atoms with van der Waals surface area (Å²) in [7, 11) is 1.27. The molecule has 0 atom stereocenters. The average Bonchev–Trinajstić information content (AvgIpc) is 2.95. The van der Waals surface area contributed by atoms with E-state index >= 15 is 0 Å². The van der Waals surface area contributed by atoms with Crippen molar-refractivity contribution < 1.29 is 23.5 Å². The molecule has 0 fully saturated rings. The fraction of sp³-hybridized carbons (Fsp3) is 0.412. The Labute approximate surface area is 163 Å². The SMILES string of the molecule is COC(=O)c1cc(Br)c2nnn(C/C(F)=C/CNC(=O)OC(C)(C)C)c2c1. The first-order valence-electron chi connectivity index (χ1n) is 8.03. The molecular weight excluding hydrogens is 423 g/mol. The molecular formula is C17H20BrFN4O4. The molecule has 0 aliphatic carbocycles. The van der Waals surface area contributed by atoms with Crippen LogP contribution >= 0.6 is 15.9 Å². The number of alkyl carbamates (subject to hydrolysis) is 1. The largest absolute Gasteiger partial charge is 0.465 e. The fourth-order valence-electron chi connectivity index (χ4n) is 2.15. The number of allylic oxidation sites excluding steroid dienone is 1. The van der Waals surface area contributed by atoms with E-state index in [9.17, 15) is 14.0 Å². The lowest BCUT2D eigenvalue weighted by Gasteiger charge is -2.19. The van der Waals surface area contributed by atoms with Crippen molar-refractivity contribution in [3.8, 4) is 0 Å². The number of hydrogen-bond acceptors (Lipinski definition) is 6. The number of amides is 1. The molecule has 27 heavy (non-hydrogen) atoms. The minimum atomic E-state index is -0.635. The maximum Gasteiger partial charge on any atom is 0.407 e. The molecule has 1 aromatic carbocycles. The number of hydrogen-bond donors (Lipinski definition) is 1. The van der Waals surface area contributed by atoms with Gasteiger partial charge in [-0.2, -0.15) is 0 Å². The molecule has 10 heteroatoms. The summed E-state index contributed by atoms with van der Waals surface area (Å²) in [5.74, 6) is -1.06. The molecule has 2 rings (SSSR count).